The van der Waals surface area contributed by atoms with Gasteiger partial charge in [0.2, 0.25) is 0 Å². The number of hydrogen-bond acceptors (Lipinski definition) is 3. The first kappa shape index (κ1) is 14.4. The average Bonchev–Trinajstić information content (AvgIpc) is 2.90. The summed E-state index contributed by atoms with van der Waals surface area (Å²) in [6, 6.07) is 9.60. The van der Waals surface area contributed by atoms with Crippen molar-refractivity contribution in [3.63, 3.8) is 0 Å². The van der Waals surface area contributed by atoms with Crippen molar-refractivity contribution in [2.75, 3.05) is 0 Å². The number of hydrogen-bond donors (Lipinski definition) is 0. The minimum absolute atomic E-state index is 0.0629. The van der Waals surface area contributed by atoms with Crippen molar-refractivity contribution in [3.8, 4) is 0 Å². The van der Waals surface area contributed by atoms with Crippen LogP contribution in [-0.2, 0) is 9.47 Å². The molecular weight excluding hydrogens is 276 g/mol. The van der Waals surface area contributed by atoms with Gasteiger partial charge in [0.1, 0.15) is 0 Å². The maximum Gasteiger partial charge on any atom is 0.197 e. The molecule has 2 saturated carbocycles. The van der Waals surface area contributed by atoms with E-state index in [0.29, 0.717) is 0 Å². The molecule has 22 heavy (non-hydrogen) atoms. The number of rotatable bonds is 2. The first-order chi connectivity index (χ1) is 10.7. The van der Waals surface area contributed by atoms with Gasteiger partial charge in [0.25, 0.3) is 0 Å². The fourth-order valence-corrected chi connectivity index (χ4v) is 4.45. The van der Waals surface area contributed by atoms with Crippen LogP contribution in [0.15, 0.2) is 30.3 Å². The van der Waals surface area contributed by atoms with Crippen molar-refractivity contribution in [2.45, 2.75) is 75.3 Å². The van der Waals surface area contributed by atoms with E-state index in [9.17, 15) is 4.79 Å². The van der Waals surface area contributed by atoms with Gasteiger partial charge in [-0.05, 0) is 32.1 Å². The molecule has 1 saturated heterocycles. The minimum Gasteiger partial charge on any atom is -0.343 e. The molecule has 0 bridgehead atoms. The molecule has 4 rings (SSSR count). The summed E-state index contributed by atoms with van der Waals surface area (Å²) in [4.78, 5) is 13.2. The second-order valence-electron chi connectivity index (χ2n) is 7.01. The van der Waals surface area contributed by atoms with Crippen LogP contribution < -0.4 is 0 Å². The van der Waals surface area contributed by atoms with Crippen molar-refractivity contribution in [2.24, 2.45) is 0 Å². The van der Waals surface area contributed by atoms with Gasteiger partial charge >= 0.3 is 0 Å². The summed E-state index contributed by atoms with van der Waals surface area (Å²) in [5.74, 6) is -0.363. The molecule has 3 heteroatoms. The van der Waals surface area contributed by atoms with E-state index < -0.39 is 11.4 Å². The summed E-state index contributed by atoms with van der Waals surface area (Å²) in [7, 11) is 0. The van der Waals surface area contributed by atoms with Crippen molar-refractivity contribution in [1.82, 2.24) is 0 Å². The van der Waals surface area contributed by atoms with Crippen molar-refractivity contribution in [3.05, 3.63) is 35.9 Å². The third-order valence-corrected chi connectivity index (χ3v) is 5.55. The molecule has 0 N–H and O–H groups in total. The molecule has 1 aromatic rings. The smallest absolute Gasteiger partial charge is 0.197 e. The van der Waals surface area contributed by atoms with Crippen LogP contribution in [0.3, 0.4) is 0 Å². The van der Waals surface area contributed by atoms with Gasteiger partial charge in [-0.25, -0.2) is 0 Å². The topological polar surface area (TPSA) is 35.5 Å². The summed E-state index contributed by atoms with van der Waals surface area (Å²) in [5, 5.41) is 0. The first-order valence-corrected chi connectivity index (χ1v) is 8.72. The zero-order valence-electron chi connectivity index (χ0n) is 13.1. The summed E-state index contributed by atoms with van der Waals surface area (Å²) in [6.07, 6.45) is 9.27. The lowest BCUT2D eigenvalue weighted by molar-refractivity contribution is -0.201. The van der Waals surface area contributed by atoms with E-state index >= 15 is 0 Å². The molecule has 2 aliphatic carbocycles. The summed E-state index contributed by atoms with van der Waals surface area (Å²) in [6.45, 7) is 0. The maximum absolute atomic E-state index is 13.2. The van der Waals surface area contributed by atoms with E-state index in [2.05, 4.69) is 0 Å². The van der Waals surface area contributed by atoms with Crippen molar-refractivity contribution >= 4 is 5.78 Å². The van der Waals surface area contributed by atoms with Crippen molar-refractivity contribution < 1.29 is 14.3 Å². The second kappa shape index (κ2) is 5.47. The van der Waals surface area contributed by atoms with Gasteiger partial charge in [-0.15, -0.1) is 0 Å². The van der Waals surface area contributed by atoms with Crippen LogP contribution in [0.2, 0.25) is 0 Å². The predicted molar refractivity (Wildman–Crippen MR) is 83.7 cm³/mol. The Morgan fingerprint density at radius 3 is 2.45 bits per heavy atom. The summed E-state index contributed by atoms with van der Waals surface area (Å²) < 4.78 is 12.9. The lowest BCUT2D eigenvalue weighted by Crippen LogP contribution is -2.50. The molecule has 118 valence electrons. The summed E-state index contributed by atoms with van der Waals surface area (Å²) >= 11 is 0. The Morgan fingerprint density at radius 1 is 0.955 bits per heavy atom. The monoisotopic (exact) mass is 300 g/mol. The van der Waals surface area contributed by atoms with Crippen molar-refractivity contribution in [1.29, 1.82) is 0 Å². The van der Waals surface area contributed by atoms with Gasteiger partial charge in [-0.2, -0.15) is 0 Å². The molecule has 0 amide bonds. The molecule has 0 aromatic heterocycles. The highest BCUT2D eigenvalue weighted by molar-refractivity contribution is 6.03. The fraction of sp³-hybridized carbons (Fsp3) is 0.632. The highest BCUT2D eigenvalue weighted by atomic mass is 16.8. The Morgan fingerprint density at radius 2 is 1.68 bits per heavy atom. The van der Waals surface area contributed by atoms with Gasteiger partial charge in [0.15, 0.2) is 17.2 Å². The third-order valence-electron chi connectivity index (χ3n) is 5.55. The van der Waals surface area contributed by atoms with Crippen LogP contribution in [0.1, 0.15) is 68.1 Å². The predicted octanol–water partition coefficient (Wildman–Crippen LogP) is 4.26. The van der Waals surface area contributed by atoms with E-state index in [1.165, 1.54) is 6.42 Å². The number of carbonyl (C=O) groups excluding carboxylic acids is 1. The molecule has 1 aliphatic heterocycles. The van der Waals surface area contributed by atoms with E-state index in [4.69, 9.17) is 9.47 Å². The molecule has 1 spiro atoms. The van der Waals surface area contributed by atoms with E-state index in [0.717, 1.165) is 56.9 Å². The third kappa shape index (κ3) is 2.22. The minimum atomic E-state index is -0.739. The molecule has 3 nitrogen and oxygen atoms in total. The number of fused-ring (bicyclic) bond motifs is 1. The molecule has 3 aliphatic rings. The lowest BCUT2D eigenvalue weighted by Gasteiger charge is -2.36. The van der Waals surface area contributed by atoms with Crippen LogP contribution in [0.5, 0.6) is 0 Å². The Hall–Kier alpha value is -1.19. The van der Waals surface area contributed by atoms with Crippen LogP contribution in [0.25, 0.3) is 0 Å². The highest BCUT2D eigenvalue weighted by Crippen LogP contribution is 2.51. The molecule has 3 fully saturated rings. The molecule has 2 unspecified atom stereocenters. The molecule has 2 atom stereocenters. The van der Waals surface area contributed by atoms with Crippen LogP contribution >= 0.6 is 0 Å². The number of Topliss-reactive ketones (excluding diaryl/α,β-unsaturated/α-hetero) is 1. The second-order valence-corrected chi connectivity index (χ2v) is 7.01. The zero-order chi connectivity index (χ0) is 15.0. The van der Waals surface area contributed by atoms with E-state index in [1.807, 2.05) is 30.3 Å². The largest absolute Gasteiger partial charge is 0.343 e. The van der Waals surface area contributed by atoms with Gasteiger partial charge < -0.3 is 9.47 Å². The Balaban J connectivity index is 1.68. The standard InChI is InChI=1S/C19H24O3/c20-17(15-9-3-1-4-10-15)19-14-8-5-11-16(19)21-18(22-19)12-6-2-7-13-18/h1,3-4,9-10,16H,2,5-8,11-14H2. The molecule has 0 radical (unpaired) electrons. The highest BCUT2D eigenvalue weighted by Gasteiger charge is 2.61. The number of ether oxygens (including phenoxy) is 2. The normalized spacial score (nSPS) is 33.5. The molecule has 1 heterocycles. The number of ketones is 1. The lowest BCUT2D eigenvalue weighted by atomic mass is 9.77. The Bertz CT molecular complexity index is 547. The average molecular weight is 300 g/mol. The Kier molecular flexibility index (Phi) is 3.58. The first-order valence-electron chi connectivity index (χ1n) is 8.72. The SMILES string of the molecule is O=C(c1ccccc1)C12CCCCC1OC1(CCCCC1)O2. The van der Waals surface area contributed by atoms with Gasteiger partial charge in [0, 0.05) is 18.4 Å². The fourth-order valence-electron chi connectivity index (χ4n) is 4.45. The Labute approximate surface area is 132 Å². The van der Waals surface area contributed by atoms with Gasteiger partial charge in [0.05, 0.1) is 6.10 Å². The van der Waals surface area contributed by atoms with Crippen LogP contribution in [0.4, 0.5) is 0 Å². The number of benzene rings is 1. The molecule has 1 aromatic carbocycles. The van der Waals surface area contributed by atoms with Crippen LogP contribution in [-0.4, -0.2) is 23.3 Å². The molecular formula is C19H24O3. The van der Waals surface area contributed by atoms with Crippen LogP contribution in [0, 0.1) is 0 Å². The quantitative estimate of drug-likeness (QED) is 0.766. The van der Waals surface area contributed by atoms with E-state index in [-0.39, 0.29) is 11.9 Å². The zero-order valence-corrected chi connectivity index (χ0v) is 13.1. The number of carbonyl (C=O) groups is 1. The van der Waals surface area contributed by atoms with Gasteiger partial charge in [-0.1, -0.05) is 43.2 Å². The summed E-state index contributed by atoms with van der Waals surface area (Å²) in [5.41, 5.74) is 0.0163. The maximum atomic E-state index is 13.2. The van der Waals surface area contributed by atoms with Gasteiger partial charge in [-0.3, -0.25) is 4.79 Å². The van der Waals surface area contributed by atoms with E-state index in [1.54, 1.807) is 0 Å².